The number of aliphatic hydroxyl groups excluding tert-OH is 1. The largest absolute Gasteiger partial charge is 0.386 e. The molecule has 0 bridgehead atoms. The first kappa shape index (κ1) is 13.9. The molecule has 1 aromatic carbocycles. The van der Waals surface area contributed by atoms with E-state index in [2.05, 4.69) is 0 Å². The van der Waals surface area contributed by atoms with Crippen molar-refractivity contribution >= 4 is 5.91 Å². The van der Waals surface area contributed by atoms with E-state index in [0.717, 1.165) is 18.9 Å². The van der Waals surface area contributed by atoms with Crippen molar-refractivity contribution in [2.75, 3.05) is 13.1 Å². The predicted molar refractivity (Wildman–Crippen MR) is 66.3 cm³/mol. The second kappa shape index (κ2) is 5.65. The molecule has 1 saturated heterocycles. The minimum atomic E-state index is -1.20. The van der Waals surface area contributed by atoms with E-state index in [1.807, 2.05) is 6.92 Å². The fourth-order valence-electron chi connectivity index (χ4n) is 2.40. The normalized spacial score (nSPS) is 21.6. The van der Waals surface area contributed by atoms with Crippen LogP contribution in [0, 0.1) is 17.6 Å². The Morgan fingerprint density at radius 1 is 1.47 bits per heavy atom. The Morgan fingerprint density at radius 2 is 2.21 bits per heavy atom. The molecule has 5 heteroatoms. The first-order valence-corrected chi connectivity index (χ1v) is 6.41. The molecule has 2 rings (SSSR count). The molecule has 1 fully saturated rings. The molecule has 0 radical (unpaired) electrons. The summed E-state index contributed by atoms with van der Waals surface area (Å²) >= 11 is 0. The van der Waals surface area contributed by atoms with E-state index in [0.29, 0.717) is 6.54 Å². The van der Waals surface area contributed by atoms with Crippen molar-refractivity contribution in [3.63, 3.8) is 0 Å². The number of benzene rings is 1. The highest BCUT2D eigenvalue weighted by Gasteiger charge is 2.28. The smallest absolute Gasteiger partial charge is 0.225 e. The number of nitrogens with zero attached hydrogens (tertiary/aromatic N) is 1. The highest BCUT2D eigenvalue weighted by Crippen LogP contribution is 2.23. The summed E-state index contributed by atoms with van der Waals surface area (Å²) in [7, 11) is 0. The highest BCUT2D eigenvalue weighted by molar-refractivity contribution is 5.79. The van der Waals surface area contributed by atoms with Gasteiger partial charge in [-0.2, -0.15) is 0 Å². The number of amides is 1. The zero-order valence-electron chi connectivity index (χ0n) is 10.8. The second-order valence-corrected chi connectivity index (χ2v) is 4.99. The second-order valence-electron chi connectivity index (χ2n) is 4.99. The predicted octanol–water partition coefficient (Wildman–Crippen LogP) is 2.26. The molecule has 0 aromatic heterocycles. The number of likely N-dealkylation sites (tertiary alicyclic amines) is 1. The van der Waals surface area contributed by atoms with Crippen molar-refractivity contribution in [3.8, 4) is 0 Å². The molecular weight excluding hydrogens is 252 g/mol. The first-order chi connectivity index (χ1) is 9.00. The summed E-state index contributed by atoms with van der Waals surface area (Å²) in [4.78, 5) is 13.4. The number of aliphatic hydroxyl groups is 1. The number of carbonyl (C=O) groups excluding carboxylic acids is 1. The van der Waals surface area contributed by atoms with E-state index in [4.69, 9.17) is 0 Å². The molecule has 3 nitrogen and oxygen atoms in total. The third-order valence-corrected chi connectivity index (χ3v) is 3.53. The van der Waals surface area contributed by atoms with Gasteiger partial charge in [0.15, 0.2) is 11.6 Å². The lowest BCUT2D eigenvalue weighted by atomic mass is 9.98. The summed E-state index contributed by atoms with van der Waals surface area (Å²) in [5, 5.41) is 9.98. The maximum Gasteiger partial charge on any atom is 0.225 e. The van der Waals surface area contributed by atoms with Crippen molar-refractivity contribution in [2.24, 2.45) is 5.92 Å². The van der Waals surface area contributed by atoms with Crippen LogP contribution in [0.15, 0.2) is 18.2 Å². The molecule has 104 valence electrons. The average molecular weight is 269 g/mol. The lowest BCUT2D eigenvalue weighted by Crippen LogP contribution is -2.42. The van der Waals surface area contributed by atoms with Gasteiger partial charge in [0.1, 0.15) is 0 Å². The standard InChI is InChI=1S/C14H17F2NO2/c1-9-4-3-7-17(14(9)19)8-12(18)10-5-2-6-11(15)13(10)16/h2,5-6,9,12,18H,3-4,7-8H2,1H3. The van der Waals surface area contributed by atoms with Crippen LogP contribution in [0.2, 0.25) is 0 Å². The van der Waals surface area contributed by atoms with Crippen molar-refractivity contribution in [3.05, 3.63) is 35.4 Å². The molecular formula is C14H17F2NO2. The Bertz CT molecular complexity index is 479. The van der Waals surface area contributed by atoms with Crippen LogP contribution in [0.4, 0.5) is 8.78 Å². The van der Waals surface area contributed by atoms with Crippen LogP contribution in [0.1, 0.15) is 31.4 Å². The zero-order chi connectivity index (χ0) is 14.0. The first-order valence-electron chi connectivity index (χ1n) is 6.41. The van der Waals surface area contributed by atoms with Crippen LogP contribution in [0.5, 0.6) is 0 Å². The van der Waals surface area contributed by atoms with E-state index in [1.165, 1.54) is 17.0 Å². The number of β-amino-alcohol motifs (C(OH)–C–C–N with tert-alkyl or cyclic N) is 1. The molecule has 1 aliphatic rings. The Labute approximate surface area is 110 Å². The van der Waals surface area contributed by atoms with Crippen LogP contribution in [0.3, 0.4) is 0 Å². The van der Waals surface area contributed by atoms with Crippen molar-refractivity contribution < 1.29 is 18.7 Å². The third kappa shape index (κ3) is 2.92. The number of rotatable bonds is 3. The molecule has 19 heavy (non-hydrogen) atoms. The zero-order valence-corrected chi connectivity index (χ0v) is 10.8. The molecule has 0 spiro atoms. The van der Waals surface area contributed by atoms with Gasteiger partial charge in [0.05, 0.1) is 12.6 Å². The molecule has 0 aliphatic carbocycles. The fourth-order valence-corrected chi connectivity index (χ4v) is 2.40. The van der Waals surface area contributed by atoms with Crippen LogP contribution < -0.4 is 0 Å². The molecule has 2 atom stereocenters. The number of piperidine rings is 1. The minimum absolute atomic E-state index is 0.00352. The van der Waals surface area contributed by atoms with Crippen molar-refractivity contribution in [1.82, 2.24) is 4.90 Å². The van der Waals surface area contributed by atoms with E-state index < -0.39 is 17.7 Å². The van der Waals surface area contributed by atoms with Crippen molar-refractivity contribution in [1.29, 1.82) is 0 Å². The highest BCUT2D eigenvalue weighted by atomic mass is 19.2. The van der Waals surface area contributed by atoms with E-state index in [-0.39, 0.29) is 23.9 Å². The van der Waals surface area contributed by atoms with Gasteiger partial charge in [0.25, 0.3) is 0 Å². The monoisotopic (exact) mass is 269 g/mol. The van der Waals surface area contributed by atoms with Crippen LogP contribution in [0.25, 0.3) is 0 Å². The van der Waals surface area contributed by atoms with Gasteiger partial charge in [0.2, 0.25) is 5.91 Å². The van der Waals surface area contributed by atoms with Gasteiger partial charge in [-0.3, -0.25) is 4.79 Å². The molecule has 1 aromatic rings. The Morgan fingerprint density at radius 3 is 2.95 bits per heavy atom. The Kier molecular flexibility index (Phi) is 4.14. The summed E-state index contributed by atoms with van der Waals surface area (Å²) < 4.78 is 26.6. The fraction of sp³-hybridized carbons (Fsp3) is 0.500. The number of hydrogen-bond acceptors (Lipinski definition) is 2. The maximum atomic E-state index is 13.5. The van der Waals surface area contributed by atoms with Crippen molar-refractivity contribution in [2.45, 2.75) is 25.9 Å². The average Bonchev–Trinajstić information content (AvgIpc) is 2.38. The molecule has 1 N–H and O–H groups in total. The summed E-state index contributed by atoms with van der Waals surface area (Å²) in [5.41, 5.74) is -0.106. The quantitative estimate of drug-likeness (QED) is 0.914. The summed E-state index contributed by atoms with van der Waals surface area (Å²) in [6.45, 7) is 2.39. The molecule has 1 aliphatic heterocycles. The molecule has 0 saturated carbocycles. The van der Waals surface area contributed by atoms with E-state index in [9.17, 15) is 18.7 Å². The summed E-state index contributed by atoms with van der Waals surface area (Å²) in [6.07, 6.45) is 0.496. The number of carbonyl (C=O) groups is 1. The molecule has 2 unspecified atom stereocenters. The van der Waals surface area contributed by atoms with Crippen LogP contribution in [-0.2, 0) is 4.79 Å². The SMILES string of the molecule is CC1CCCN(CC(O)c2cccc(F)c2F)C1=O. The molecule has 1 heterocycles. The number of halogens is 2. The van der Waals surface area contributed by atoms with Gasteiger partial charge in [-0.15, -0.1) is 0 Å². The summed E-state index contributed by atoms with van der Waals surface area (Å²) in [6, 6.07) is 3.68. The van der Waals surface area contributed by atoms with Crippen LogP contribution >= 0.6 is 0 Å². The van der Waals surface area contributed by atoms with Crippen LogP contribution in [-0.4, -0.2) is 29.0 Å². The Balaban J connectivity index is 2.10. The summed E-state index contributed by atoms with van der Waals surface area (Å²) in [5.74, 6) is -2.15. The molecule has 1 amide bonds. The topological polar surface area (TPSA) is 40.5 Å². The Hall–Kier alpha value is -1.49. The number of hydrogen-bond donors (Lipinski definition) is 1. The van der Waals surface area contributed by atoms with Gasteiger partial charge < -0.3 is 10.0 Å². The lowest BCUT2D eigenvalue weighted by molar-refractivity contribution is -0.139. The maximum absolute atomic E-state index is 13.5. The van der Waals surface area contributed by atoms with Gasteiger partial charge in [-0.25, -0.2) is 8.78 Å². The van der Waals surface area contributed by atoms with E-state index >= 15 is 0 Å². The van der Waals surface area contributed by atoms with E-state index in [1.54, 1.807) is 0 Å². The van der Waals surface area contributed by atoms with Gasteiger partial charge in [0, 0.05) is 18.0 Å². The minimum Gasteiger partial charge on any atom is -0.386 e. The lowest BCUT2D eigenvalue weighted by Gasteiger charge is -2.32. The van der Waals surface area contributed by atoms with Gasteiger partial charge in [-0.1, -0.05) is 19.1 Å². The van der Waals surface area contributed by atoms with Gasteiger partial charge in [-0.05, 0) is 18.9 Å². The third-order valence-electron chi connectivity index (χ3n) is 3.53. The van der Waals surface area contributed by atoms with Gasteiger partial charge >= 0.3 is 0 Å².